The number of rotatable bonds is 7. The van der Waals surface area contributed by atoms with Gasteiger partial charge in [0.2, 0.25) is 0 Å². The van der Waals surface area contributed by atoms with E-state index in [0.29, 0.717) is 6.42 Å². The maximum absolute atomic E-state index is 11.2. The van der Waals surface area contributed by atoms with Crippen molar-refractivity contribution in [3.63, 3.8) is 0 Å². The van der Waals surface area contributed by atoms with E-state index >= 15 is 0 Å². The molecule has 19 heavy (non-hydrogen) atoms. The molecule has 114 valence electrons. The van der Waals surface area contributed by atoms with Gasteiger partial charge in [0.15, 0.2) is 8.32 Å². The summed E-state index contributed by atoms with van der Waals surface area (Å²) >= 11 is 0. The zero-order chi connectivity index (χ0) is 15.3. The predicted molar refractivity (Wildman–Crippen MR) is 82.8 cm³/mol. The van der Waals surface area contributed by atoms with Crippen molar-refractivity contribution in [2.75, 3.05) is 13.7 Å². The van der Waals surface area contributed by atoms with Gasteiger partial charge in [-0.25, -0.2) is 0 Å². The van der Waals surface area contributed by atoms with Gasteiger partial charge in [-0.3, -0.25) is 4.79 Å². The highest BCUT2D eigenvalue weighted by Gasteiger charge is 2.37. The van der Waals surface area contributed by atoms with Gasteiger partial charge < -0.3 is 9.16 Å². The molecule has 0 heterocycles. The third-order valence-corrected chi connectivity index (χ3v) is 8.82. The van der Waals surface area contributed by atoms with E-state index < -0.39 is 8.32 Å². The third-order valence-electron chi connectivity index (χ3n) is 4.28. The summed E-state index contributed by atoms with van der Waals surface area (Å²) < 4.78 is 10.9. The molecular formula is C15H32O3Si. The molecule has 4 heteroatoms. The molecule has 0 bridgehead atoms. The fourth-order valence-corrected chi connectivity index (χ4v) is 2.51. The second kappa shape index (κ2) is 6.89. The average Bonchev–Trinajstić information content (AvgIpc) is 2.23. The maximum atomic E-state index is 11.2. The number of hydrogen-bond donors (Lipinski definition) is 0. The van der Waals surface area contributed by atoms with Crippen LogP contribution < -0.4 is 0 Å². The van der Waals surface area contributed by atoms with Crippen molar-refractivity contribution in [1.82, 2.24) is 0 Å². The molecule has 0 saturated carbocycles. The molecule has 3 nitrogen and oxygen atoms in total. The van der Waals surface area contributed by atoms with Gasteiger partial charge in [0.1, 0.15) is 0 Å². The number of esters is 1. The minimum Gasteiger partial charge on any atom is -0.469 e. The molecule has 0 aromatic heterocycles. The van der Waals surface area contributed by atoms with E-state index in [2.05, 4.69) is 52.4 Å². The fourth-order valence-electron chi connectivity index (χ4n) is 1.47. The van der Waals surface area contributed by atoms with E-state index in [1.165, 1.54) is 7.11 Å². The van der Waals surface area contributed by atoms with Gasteiger partial charge in [-0.15, -0.1) is 0 Å². The van der Waals surface area contributed by atoms with Gasteiger partial charge in [-0.1, -0.05) is 34.6 Å². The summed E-state index contributed by atoms with van der Waals surface area (Å²) in [7, 11) is -0.208. The van der Waals surface area contributed by atoms with E-state index in [-0.39, 0.29) is 16.4 Å². The second-order valence-electron chi connectivity index (χ2n) is 7.60. The molecule has 0 atom stereocenters. The zero-order valence-electron chi connectivity index (χ0n) is 14.1. The number of carbonyl (C=O) groups is 1. The summed E-state index contributed by atoms with van der Waals surface area (Å²) in [6.07, 6.45) is 2.32. The lowest BCUT2D eigenvalue weighted by Crippen LogP contribution is -2.41. The number of methoxy groups -OCH3 is 1. The van der Waals surface area contributed by atoms with E-state index in [1.54, 1.807) is 0 Å². The Balaban J connectivity index is 4.15. The zero-order valence-corrected chi connectivity index (χ0v) is 15.1. The van der Waals surface area contributed by atoms with Crippen LogP contribution in [-0.2, 0) is 14.0 Å². The van der Waals surface area contributed by atoms with Crippen molar-refractivity contribution < 1.29 is 14.0 Å². The molecule has 0 aliphatic heterocycles. The van der Waals surface area contributed by atoms with Crippen LogP contribution in [-0.4, -0.2) is 28.0 Å². The molecule has 0 unspecified atom stereocenters. The van der Waals surface area contributed by atoms with Crippen molar-refractivity contribution in [2.24, 2.45) is 5.41 Å². The standard InChI is InChI=1S/C15H32O3Si/c1-14(2,3)19(7,8)18-12-11-15(4,5)10-9-13(16)17-6/h9-12H2,1-8H3. The highest BCUT2D eigenvalue weighted by Crippen LogP contribution is 2.37. The monoisotopic (exact) mass is 288 g/mol. The molecule has 0 aromatic carbocycles. The largest absolute Gasteiger partial charge is 0.469 e. The van der Waals surface area contributed by atoms with Crippen LogP contribution in [0.1, 0.15) is 53.9 Å². The summed E-state index contributed by atoms with van der Waals surface area (Å²) in [5.74, 6) is -0.126. The van der Waals surface area contributed by atoms with Crippen LogP contribution in [0.2, 0.25) is 18.1 Å². The van der Waals surface area contributed by atoms with Crippen LogP contribution in [0.25, 0.3) is 0 Å². The Hall–Kier alpha value is -0.353. The number of carbonyl (C=O) groups excluding carboxylic acids is 1. The molecule has 0 aromatic rings. The first-order valence-electron chi connectivity index (χ1n) is 7.12. The SMILES string of the molecule is COC(=O)CCC(C)(C)CCO[Si](C)(C)C(C)(C)C. The molecule has 0 spiro atoms. The Kier molecular flexibility index (Phi) is 6.76. The van der Waals surface area contributed by atoms with E-state index in [0.717, 1.165) is 19.4 Å². The molecule has 0 N–H and O–H groups in total. The lowest BCUT2D eigenvalue weighted by molar-refractivity contribution is -0.141. The summed E-state index contributed by atoms with van der Waals surface area (Å²) in [5, 5.41) is 0.253. The van der Waals surface area contributed by atoms with Gasteiger partial charge in [0.25, 0.3) is 0 Å². The van der Waals surface area contributed by atoms with Crippen LogP contribution in [0.5, 0.6) is 0 Å². The molecule has 0 rings (SSSR count). The van der Waals surface area contributed by atoms with Crippen LogP contribution in [0.3, 0.4) is 0 Å². The van der Waals surface area contributed by atoms with Gasteiger partial charge in [-0.2, -0.15) is 0 Å². The van der Waals surface area contributed by atoms with Gasteiger partial charge >= 0.3 is 5.97 Å². The van der Waals surface area contributed by atoms with E-state index in [1.807, 2.05) is 0 Å². The van der Waals surface area contributed by atoms with Crippen molar-refractivity contribution >= 4 is 14.3 Å². The average molecular weight is 289 g/mol. The quantitative estimate of drug-likeness (QED) is 0.515. The Morgan fingerprint density at radius 3 is 2.00 bits per heavy atom. The molecule has 0 fully saturated rings. The first kappa shape index (κ1) is 18.6. The number of hydrogen-bond acceptors (Lipinski definition) is 3. The summed E-state index contributed by atoms with van der Waals surface area (Å²) in [4.78, 5) is 11.2. The summed E-state index contributed by atoms with van der Waals surface area (Å²) in [5.41, 5.74) is 0.122. The lowest BCUT2D eigenvalue weighted by Gasteiger charge is -2.37. The first-order chi connectivity index (χ1) is 8.41. The van der Waals surface area contributed by atoms with Gasteiger partial charge in [0.05, 0.1) is 7.11 Å². The molecule has 0 aliphatic carbocycles. The molecule has 0 saturated heterocycles. The van der Waals surface area contributed by atoms with Crippen LogP contribution in [0, 0.1) is 5.41 Å². The van der Waals surface area contributed by atoms with Crippen LogP contribution in [0.4, 0.5) is 0 Å². The highest BCUT2D eigenvalue weighted by atomic mass is 28.4. The topological polar surface area (TPSA) is 35.5 Å². The molecule has 0 amide bonds. The molecule has 0 aliphatic rings. The predicted octanol–water partition coefficient (Wildman–Crippen LogP) is 4.38. The Labute approximate surface area is 120 Å². The van der Waals surface area contributed by atoms with Gasteiger partial charge in [0, 0.05) is 13.0 Å². The van der Waals surface area contributed by atoms with Gasteiger partial charge in [-0.05, 0) is 36.4 Å². The summed E-state index contributed by atoms with van der Waals surface area (Å²) in [6, 6.07) is 0. The first-order valence-corrected chi connectivity index (χ1v) is 10.0. The van der Waals surface area contributed by atoms with Crippen molar-refractivity contribution in [3.8, 4) is 0 Å². The lowest BCUT2D eigenvalue weighted by atomic mass is 9.85. The smallest absolute Gasteiger partial charge is 0.305 e. The fraction of sp³-hybridized carbons (Fsp3) is 0.933. The van der Waals surface area contributed by atoms with Crippen molar-refractivity contribution in [1.29, 1.82) is 0 Å². The van der Waals surface area contributed by atoms with Crippen molar-refractivity contribution in [2.45, 2.75) is 72.0 Å². The Morgan fingerprint density at radius 2 is 1.58 bits per heavy atom. The molecule has 0 radical (unpaired) electrons. The van der Waals surface area contributed by atoms with E-state index in [9.17, 15) is 4.79 Å². The maximum Gasteiger partial charge on any atom is 0.305 e. The minimum absolute atomic E-state index is 0.122. The second-order valence-corrected chi connectivity index (χ2v) is 12.4. The molecular weight excluding hydrogens is 256 g/mol. The van der Waals surface area contributed by atoms with Crippen LogP contribution >= 0.6 is 0 Å². The third kappa shape index (κ3) is 7.11. The normalized spacial score (nSPS) is 13.5. The Bertz CT molecular complexity index is 290. The summed E-state index contributed by atoms with van der Waals surface area (Å²) in [6.45, 7) is 16.5. The minimum atomic E-state index is -1.65. The van der Waals surface area contributed by atoms with Crippen molar-refractivity contribution in [3.05, 3.63) is 0 Å². The van der Waals surface area contributed by atoms with Crippen LogP contribution in [0.15, 0.2) is 0 Å². The van der Waals surface area contributed by atoms with E-state index in [4.69, 9.17) is 4.43 Å². The Morgan fingerprint density at radius 1 is 1.05 bits per heavy atom. The highest BCUT2D eigenvalue weighted by molar-refractivity contribution is 6.74. The number of ether oxygens (including phenoxy) is 1.